The van der Waals surface area contributed by atoms with E-state index in [0.717, 1.165) is 36.4 Å². The SMILES string of the molecule is CC1CCC(CCC2CC=C(OCF)CC2)CC1. The third kappa shape index (κ3) is 4.29. The van der Waals surface area contributed by atoms with Gasteiger partial charge in [0.1, 0.15) is 0 Å². The van der Waals surface area contributed by atoms with Gasteiger partial charge >= 0.3 is 0 Å². The van der Waals surface area contributed by atoms with Crippen LogP contribution in [0.15, 0.2) is 11.8 Å². The van der Waals surface area contributed by atoms with Gasteiger partial charge in [0.05, 0.1) is 5.76 Å². The van der Waals surface area contributed by atoms with Gasteiger partial charge in [-0.25, -0.2) is 4.39 Å². The van der Waals surface area contributed by atoms with E-state index in [1.807, 2.05) is 0 Å². The molecule has 1 fully saturated rings. The molecular formula is C16H27FO. The van der Waals surface area contributed by atoms with Gasteiger partial charge in [-0.3, -0.25) is 0 Å². The maximum atomic E-state index is 12.0. The molecule has 0 N–H and O–H groups in total. The monoisotopic (exact) mass is 254 g/mol. The van der Waals surface area contributed by atoms with E-state index in [4.69, 9.17) is 4.74 Å². The first-order valence-corrected chi connectivity index (χ1v) is 7.65. The third-order valence-corrected chi connectivity index (χ3v) is 4.84. The molecule has 0 aromatic heterocycles. The van der Waals surface area contributed by atoms with Crippen LogP contribution in [-0.2, 0) is 4.74 Å². The Labute approximate surface area is 111 Å². The molecule has 0 radical (unpaired) electrons. The van der Waals surface area contributed by atoms with E-state index < -0.39 is 6.86 Å². The summed E-state index contributed by atoms with van der Waals surface area (Å²) in [5, 5.41) is 0. The molecule has 0 aromatic rings. The number of halogens is 1. The highest BCUT2D eigenvalue weighted by Crippen LogP contribution is 2.34. The molecule has 1 atom stereocenters. The molecule has 2 aliphatic rings. The molecule has 0 amide bonds. The first-order chi connectivity index (χ1) is 8.78. The quantitative estimate of drug-likeness (QED) is 0.653. The van der Waals surface area contributed by atoms with E-state index in [0.29, 0.717) is 0 Å². The van der Waals surface area contributed by atoms with Crippen molar-refractivity contribution in [1.82, 2.24) is 0 Å². The smallest absolute Gasteiger partial charge is 0.228 e. The highest BCUT2D eigenvalue weighted by Gasteiger charge is 2.21. The van der Waals surface area contributed by atoms with Crippen molar-refractivity contribution in [3.8, 4) is 0 Å². The number of hydrogen-bond donors (Lipinski definition) is 0. The fraction of sp³-hybridized carbons (Fsp3) is 0.875. The summed E-state index contributed by atoms with van der Waals surface area (Å²) >= 11 is 0. The Balaban J connectivity index is 1.63. The molecule has 0 heterocycles. The lowest BCUT2D eigenvalue weighted by atomic mass is 9.78. The summed E-state index contributed by atoms with van der Waals surface area (Å²) in [6, 6.07) is 0. The lowest BCUT2D eigenvalue weighted by Crippen LogP contribution is -2.14. The maximum Gasteiger partial charge on any atom is 0.228 e. The Hall–Kier alpha value is -0.530. The van der Waals surface area contributed by atoms with Crippen LogP contribution in [0.2, 0.25) is 0 Å². The van der Waals surface area contributed by atoms with Gasteiger partial charge in [-0.15, -0.1) is 0 Å². The summed E-state index contributed by atoms with van der Waals surface area (Å²) in [7, 11) is 0. The normalized spacial score (nSPS) is 33.0. The number of hydrogen-bond acceptors (Lipinski definition) is 1. The second kappa shape index (κ2) is 7.16. The Bertz CT molecular complexity index is 266. The number of allylic oxidation sites excluding steroid dienone is 2. The van der Waals surface area contributed by atoms with Crippen molar-refractivity contribution in [1.29, 1.82) is 0 Å². The minimum atomic E-state index is -0.670. The standard InChI is InChI=1S/C16H27FO/c1-13-2-4-14(5-3-13)6-7-15-8-10-16(11-9-15)18-12-17/h10,13-15H,2-9,11-12H2,1H3. The fourth-order valence-electron chi connectivity index (χ4n) is 3.42. The van der Waals surface area contributed by atoms with Gasteiger partial charge in [-0.1, -0.05) is 39.0 Å². The summed E-state index contributed by atoms with van der Waals surface area (Å²) in [5.74, 6) is 3.63. The van der Waals surface area contributed by atoms with E-state index >= 15 is 0 Å². The van der Waals surface area contributed by atoms with Crippen LogP contribution in [0.3, 0.4) is 0 Å². The molecule has 0 spiro atoms. The maximum absolute atomic E-state index is 12.0. The zero-order chi connectivity index (χ0) is 12.8. The molecule has 1 saturated carbocycles. The zero-order valence-corrected chi connectivity index (χ0v) is 11.7. The van der Waals surface area contributed by atoms with E-state index in [-0.39, 0.29) is 0 Å². The number of alkyl halides is 1. The molecule has 0 aromatic carbocycles. The molecule has 104 valence electrons. The summed E-state index contributed by atoms with van der Waals surface area (Å²) in [6.45, 7) is 1.71. The second-order valence-electron chi connectivity index (χ2n) is 6.27. The zero-order valence-electron chi connectivity index (χ0n) is 11.7. The van der Waals surface area contributed by atoms with E-state index in [1.54, 1.807) is 0 Å². The second-order valence-corrected chi connectivity index (χ2v) is 6.27. The first kappa shape index (κ1) is 13.9. The van der Waals surface area contributed by atoms with Crippen LogP contribution in [0.25, 0.3) is 0 Å². The molecule has 2 heteroatoms. The molecule has 0 aliphatic heterocycles. The van der Waals surface area contributed by atoms with Crippen LogP contribution in [0.1, 0.15) is 64.7 Å². The van der Waals surface area contributed by atoms with Crippen molar-refractivity contribution in [2.45, 2.75) is 64.7 Å². The van der Waals surface area contributed by atoms with Crippen LogP contribution < -0.4 is 0 Å². The average Bonchev–Trinajstić information content (AvgIpc) is 2.40. The molecule has 18 heavy (non-hydrogen) atoms. The fourth-order valence-corrected chi connectivity index (χ4v) is 3.42. The Morgan fingerprint density at radius 1 is 1.11 bits per heavy atom. The number of rotatable bonds is 5. The van der Waals surface area contributed by atoms with Crippen LogP contribution in [0.4, 0.5) is 4.39 Å². The Kier molecular flexibility index (Phi) is 5.52. The molecule has 0 bridgehead atoms. The minimum Gasteiger partial charge on any atom is -0.468 e. The van der Waals surface area contributed by atoms with Gasteiger partial charge in [0.25, 0.3) is 0 Å². The van der Waals surface area contributed by atoms with E-state index in [9.17, 15) is 4.39 Å². The van der Waals surface area contributed by atoms with Gasteiger partial charge in [-0.05, 0) is 43.1 Å². The molecular weight excluding hydrogens is 227 g/mol. The summed E-state index contributed by atoms with van der Waals surface area (Å²) in [5.41, 5.74) is 0. The van der Waals surface area contributed by atoms with E-state index in [1.165, 1.54) is 44.9 Å². The lowest BCUT2D eigenvalue weighted by molar-refractivity contribution is 0.102. The molecule has 1 nitrogen and oxygen atoms in total. The van der Waals surface area contributed by atoms with Crippen molar-refractivity contribution < 1.29 is 9.13 Å². The average molecular weight is 254 g/mol. The molecule has 0 saturated heterocycles. The van der Waals surface area contributed by atoms with Crippen molar-refractivity contribution in [2.24, 2.45) is 17.8 Å². The first-order valence-electron chi connectivity index (χ1n) is 7.65. The minimum absolute atomic E-state index is 0.670. The van der Waals surface area contributed by atoms with Gasteiger partial charge in [0.2, 0.25) is 6.86 Å². The summed E-state index contributed by atoms with van der Waals surface area (Å²) < 4.78 is 17.0. The predicted octanol–water partition coefficient (Wildman–Crippen LogP) is 5.22. The molecule has 2 rings (SSSR count). The third-order valence-electron chi connectivity index (χ3n) is 4.84. The van der Waals surface area contributed by atoms with Gasteiger partial charge in [0.15, 0.2) is 0 Å². The van der Waals surface area contributed by atoms with Crippen molar-refractivity contribution in [2.75, 3.05) is 6.86 Å². The Morgan fingerprint density at radius 2 is 1.83 bits per heavy atom. The van der Waals surface area contributed by atoms with E-state index in [2.05, 4.69) is 13.0 Å². The Morgan fingerprint density at radius 3 is 2.44 bits per heavy atom. The molecule has 1 unspecified atom stereocenters. The summed E-state index contributed by atoms with van der Waals surface area (Å²) in [4.78, 5) is 0. The largest absolute Gasteiger partial charge is 0.468 e. The highest BCUT2D eigenvalue weighted by molar-refractivity contribution is 4.99. The topological polar surface area (TPSA) is 9.23 Å². The van der Waals surface area contributed by atoms with Gasteiger partial charge in [0, 0.05) is 6.42 Å². The predicted molar refractivity (Wildman–Crippen MR) is 72.8 cm³/mol. The summed E-state index contributed by atoms with van der Waals surface area (Å²) in [6.07, 6.45) is 13.9. The lowest BCUT2D eigenvalue weighted by Gasteiger charge is -2.28. The van der Waals surface area contributed by atoms with Crippen molar-refractivity contribution >= 4 is 0 Å². The van der Waals surface area contributed by atoms with Crippen LogP contribution in [0, 0.1) is 17.8 Å². The highest BCUT2D eigenvalue weighted by atomic mass is 19.1. The number of ether oxygens (including phenoxy) is 1. The van der Waals surface area contributed by atoms with Crippen LogP contribution >= 0.6 is 0 Å². The molecule has 2 aliphatic carbocycles. The van der Waals surface area contributed by atoms with Gasteiger partial charge < -0.3 is 4.74 Å². The van der Waals surface area contributed by atoms with Crippen LogP contribution in [0.5, 0.6) is 0 Å². The van der Waals surface area contributed by atoms with Crippen LogP contribution in [-0.4, -0.2) is 6.86 Å². The van der Waals surface area contributed by atoms with Crippen molar-refractivity contribution in [3.05, 3.63) is 11.8 Å². The van der Waals surface area contributed by atoms with Gasteiger partial charge in [-0.2, -0.15) is 0 Å². The van der Waals surface area contributed by atoms with Crippen molar-refractivity contribution in [3.63, 3.8) is 0 Å².